The number of aromatic nitrogens is 2. The van der Waals surface area contributed by atoms with Crippen molar-refractivity contribution in [1.82, 2.24) is 9.97 Å². The Morgan fingerprint density at radius 2 is 2.21 bits per heavy atom. The average molecular weight is 297 g/mol. The highest BCUT2D eigenvalue weighted by atomic mass is 35.5. The summed E-state index contributed by atoms with van der Waals surface area (Å²) in [6.45, 7) is 0.728. The second-order valence-corrected chi connectivity index (χ2v) is 5.33. The standard InChI is InChI=1S/C13H13ClN2O2S/c14-8-5-9-12(10(19)6-8)15-7-16-13(9)18-11-3-1-2-4-17-11/h5-7,11,19H,1-4H2. The van der Waals surface area contributed by atoms with E-state index in [0.29, 0.717) is 15.8 Å². The summed E-state index contributed by atoms with van der Waals surface area (Å²) in [5, 5.41) is 1.34. The van der Waals surface area contributed by atoms with Gasteiger partial charge in [-0.1, -0.05) is 11.6 Å². The van der Waals surface area contributed by atoms with Crippen molar-refractivity contribution >= 4 is 35.1 Å². The number of ether oxygens (including phenoxy) is 2. The Morgan fingerprint density at radius 3 is 3.00 bits per heavy atom. The van der Waals surface area contributed by atoms with Crippen LogP contribution in [0.1, 0.15) is 19.3 Å². The third kappa shape index (κ3) is 2.78. The highest BCUT2D eigenvalue weighted by molar-refractivity contribution is 7.80. The lowest BCUT2D eigenvalue weighted by Gasteiger charge is -2.23. The van der Waals surface area contributed by atoms with Crippen molar-refractivity contribution in [3.8, 4) is 5.88 Å². The van der Waals surface area contributed by atoms with E-state index in [9.17, 15) is 0 Å². The number of rotatable bonds is 2. The molecule has 6 heteroatoms. The predicted octanol–water partition coefficient (Wildman–Crippen LogP) is 3.48. The molecule has 1 fully saturated rings. The molecule has 19 heavy (non-hydrogen) atoms. The molecular formula is C13H13ClN2O2S. The molecule has 0 bridgehead atoms. The van der Waals surface area contributed by atoms with Crippen LogP contribution < -0.4 is 4.74 Å². The van der Waals surface area contributed by atoms with Gasteiger partial charge >= 0.3 is 0 Å². The first-order valence-corrected chi connectivity index (χ1v) is 6.98. The second kappa shape index (κ2) is 5.53. The Balaban J connectivity index is 1.98. The van der Waals surface area contributed by atoms with Gasteiger partial charge in [-0.3, -0.25) is 0 Å². The van der Waals surface area contributed by atoms with Crippen LogP contribution in [-0.4, -0.2) is 22.9 Å². The zero-order valence-electron chi connectivity index (χ0n) is 10.2. The molecule has 1 atom stereocenters. The largest absolute Gasteiger partial charge is 0.447 e. The number of hydrogen-bond acceptors (Lipinski definition) is 5. The van der Waals surface area contributed by atoms with E-state index in [4.69, 9.17) is 21.1 Å². The van der Waals surface area contributed by atoms with Crippen LogP contribution in [0.3, 0.4) is 0 Å². The Hall–Kier alpha value is -1.04. The van der Waals surface area contributed by atoms with Gasteiger partial charge in [0.15, 0.2) is 0 Å². The zero-order valence-corrected chi connectivity index (χ0v) is 11.8. The topological polar surface area (TPSA) is 44.2 Å². The van der Waals surface area contributed by atoms with Gasteiger partial charge in [0.05, 0.1) is 17.5 Å². The number of halogens is 1. The molecule has 0 saturated carbocycles. The van der Waals surface area contributed by atoms with Crippen molar-refractivity contribution < 1.29 is 9.47 Å². The monoisotopic (exact) mass is 296 g/mol. The normalized spacial score (nSPS) is 19.6. The maximum atomic E-state index is 6.05. The molecule has 1 aliphatic rings. The van der Waals surface area contributed by atoms with E-state index < -0.39 is 0 Å². The fourth-order valence-corrected chi connectivity index (χ4v) is 2.73. The quantitative estimate of drug-likeness (QED) is 0.862. The van der Waals surface area contributed by atoms with Crippen molar-refractivity contribution in [2.24, 2.45) is 0 Å². The van der Waals surface area contributed by atoms with Crippen LogP contribution in [0.15, 0.2) is 23.4 Å². The summed E-state index contributed by atoms with van der Waals surface area (Å²) < 4.78 is 11.4. The zero-order chi connectivity index (χ0) is 13.2. The summed E-state index contributed by atoms with van der Waals surface area (Å²) in [4.78, 5) is 9.09. The molecule has 1 aromatic carbocycles. The minimum absolute atomic E-state index is 0.241. The van der Waals surface area contributed by atoms with Crippen LogP contribution in [0.25, 0.3) is 10.9 Å². The first-order chi connectivity index (χ1) is 9.24. The molecule has 2 heterocycles. The average Bonchev–Trinajstić information content (AvgIpc) is 2.41. The number of thiol groups is 1. The van der Waals surface area contributed by atoms with Crippen molar-refractivity contribution in [2.75, 3.05) is 6.61 Å². The fourth-order valence-electron chi connectivity index (χ4n) is 2.11. The van der Waals surface area contributed by atoms with Crippen molar-refractivity contribution in [3.63, 3.8) is 0 Å². The summed E-state index contributed by atoms with van der Waals surface area (Å²) >= 11 is 10.4. The molecule has 0 amide bonds. The summed E-state index contributed by atoms with van der Waals surface area (Å²) in [7, 11) is 0. The number of hydrogen-bond donors (Lipinski definition) is 1. The van der Waals surface area contributed by atoms with Crippen LogP contribution in [0.5, 0.6) is 5.88 Å². The van der Waals surface area contributed by atoms with Crippen LogP contribution >= 0.6 is 24.2 Å². The maximum absolute atomic E-state index is 6.05. The van der Waals surface area contributed by atoms with Crippen LogP contribution in [0.4, 0.5) is 0 Å². The first kappa shape index (κ1) is 13.0. The Kier molecular flexibility index (Phi) is 3.77. The Labute approximate surface area is 121 Å². The second-order valence-electron chi connectivity index (χ2n) is 4.41. The minimum atomic E-state index is -0.241. The molecule has 0 N–H and O–H groups in total. The molecule has 0 radical (unpaired) electrons. The molecule has 4 nitrogen and oxygen atoms in total. The van der Waals surface area contributed by atoms with Gasteiger partial charge in [-0.2, -0.15) is 0 Å². The summed E-state index contributed by atoms with van der Waals surface area (Å²) in [5.41, 5.74) is 0.730. The van der Waals surface area contributed by atoms with Crippen LogP contribution in [0.2, 0.25) is 5.02 Å². The summed E-state index contributed by atoms with van der Waals surface area (Å²) in [6, 6.07) is 3.54. The van der Waals surface area contributed by atoms with E-state index in [1.165, 1.54) is 6.33 Å². The van der Waals surface area contributed by atoms with Gasteiger partial charge in [-0.05, 0) is 25.0 Å². The maximum Gasteiger partial charge on any atom is 0.226 e. The lowest BCUT2D eigenvalue weighted by Crippen LogP contribution is -2.25. The van der Waals surface area contributed by atoms with Crippen molar-refractivity contribution in [2.45, 2.75) is 30.4 Å². The number of fused-ring (bicyclic) bond motifs is 1. The molecule has 2 aromatic rings. The molecule has 1 aliphatic heterocycles. The number of benzene rings is 1. The molecule has 1 aromatic heterocycles. The first-order valence-electron chi connectivity index (χ1n) is 6.15. The summed E-state index contributed by atoms with van der Waals surface area (Å²) in [5.74, 6) is 0.495. The Morgan fingerprint density at radius 1 is 1.32 bits per heavy atom. The molecule has 3 rings (SSSR count). The molecule has 1 saturated heterocycles. The van der Waals surface area contributed by atoms with E-state index in [2.05, 4.69) is 22.6 Å². The third-order valence-corrected chi connectivity index (χ3v) is 3.59. The molecular weight excluding hydrogens is 284 g/mol. The van der Waals surface area contributed by atoms with Gasteiger partial charge in [-0.25, -0.2) is 9.97 Å². The molecule has 0 aliphatic carbocycles. The van der Waals surface area contributed by atoms with Crippen LogP contribution in [-0.2, 0) is 4.74 Å². The molecule has 100 valence electrons. The van der Waals surface area contributed by atoms with Gasteiger partial charge in [0.1, 0.15) is 6.33 Å². The van der Waals surface area contributed by atoms with Crippen molar-refractivity contribution in [1.29, 1.82) is 0 Å². The molecule has 0 spiro atoms. The van der Waals surface area contributed by atoms with Gasteiger partial charge in [0.2, 0.25) is 12.2 Å². The Bertz CT molecular complexity index is 602. The smallest absolute Gasteiger partial charge is 0.226 e. The SMILES string of the molecule is Sc1cc(Cl)cc2c(OC3CCCCO3)ncnc12. The van der Waals surface area contributed by atoms with Gasteiger partial charge in [-0.15, -0.1) is 12.6 Å². The van der Waals surface area contributed by atoms with Gasteiger partial charge in [0.25, 0.3) is 0 Å². The predicted molar refractivity (Wildman–Crippen MR) is 76.0 cm³/mol. The van der Waals surface area contributed by atoms with E-state index in [-0.39, 0.29) is 6.29 Å². The molecule has 1 unspecified atom stereocenters. The highest BCUT2D eigenvalue weighted by Gasteiger charge is 2.18. The minimum Gasteiger partial charge on any atom is -0.447 e. The lowest BCUT2D eigenvalue weighted by atomic mass is 10.2. The summed E-state index contributed by atoms with van der Waals surface area (Å²) in [6.07, 6.45) is 4.28. The van der Waals surface area contributed by atoms with Crippen LogP contribution in [0, 0.1) is 0 Å². The lowest BCUT2D eigenvalue weighted by molar-refractivity contribution is -0.107. The third-order valence-electron chi connectivity index (χ3n) is 3.03. The van der Waals surface area contributed by atoms with Gasteiger partial charge < -0.3 is 9.47 Å². The van der Waals surface area contributed by atoms with E-state index in [1.807, 2.05) is 0 Å². The van der Waals surface area contributed by atoms with Crippen molar-refractivity contribution in [3.05, 3.63) is 23.5 Å². The van der Waals surface area contributed by atoms with Gasteiger partial charge in [0, 0.05) is 16.3 Å². The highest BCUT2D eigenvalue weighted by Crippen LogP contribution is 2.31. The van der Waals surface area contributed by atoms with E-state index in [1.54, 1.807) is 12.1 Å². The fraction of sp³-hybridized carbons (Fsp3) is 0.385. The number of nitrogens with zero attached hydrogens (tertiary/aromatic N) is 2. The van der Waals surface area contributed by atoms with E-state index in [0.717, 1.165) is 36.8 Å². The van der Waals surface area contributed by atoms with E-state index >= 15 is 0 Å².